The lowest BCUT2D eigenvalue weighted by molar-refractivity contribution is -0.136. The van der Waals surface area contributed by atoms with Crippen molar-refractivity contribution < 1.29 is 19.4 Å². The van der Waals surface area contributed by atoms with Gasteiger partial charge in [0.1, 0.15) is 0 Å². The predicted octanol–water partition coefficient (Wildman–Crippen LogP) is 4.43. The van der Waals surface area contributed by atoms with Crippen molar-refractivity contribution in [2.45, 2.75) is 45.4 Å². The number of rotatable bonds is 10. The fourth-order valence-corrected chi connectivity index (χ4v) is 2.55. The first-order valence-electron chi connectivity index (χ1n) is 7.29. The molecule has 1 aromatic carbocycles. The maximum Gasteiger partial charge on any atom is 0.303 e. The van der Waals surface area contributed by atoms with Crippen LogP contribution in [0.15, 0.2) is 16.6 Å². The normalized spacial score (nSPS) is 10.4. The first-order valence-corrected chi connectivity index (χ1v) is 8.08. The molecule has 0 heterocycles. The fraction of sp³-hybridized carbons (Fsp3) is 0.562. The molecule has 0 fully saturated rings. The summed E-state index contributed by atoms with van der Waals surface area (Å²) in [6.45, 7) is 2.79. The maximum atomic E-state index is 10.8. The Morgan fingerprint density at radius 1 is 1.29 bits per heavy atom. The molecule has 0 aliphatic rings. The van der Waals surface area contributed by atoms with E-state index >= 15 is 0 Å². The third-order valence-corrected chi connectivity index (χ3v) is 3.63. The number of methoxy groups -OCH3 is 1. The number of carboxylic acids is 1. The van der Waals surface area contributed by atoms with Crippen LogP contribution in [-0.4, -0.2) is 24.8 Å². The second-order valence-electron chi connectivity index (χ2n) is 4.90. The Kier molecular flexibility index (Phi) is 8.20. The van der Waals surface area contributed by atoms with Crippen molar-refractivity contribution in [2.24, 2.45) is 0 Å². The average molecular weight is 359 g/mol. The van der Waals surface area contributed by atoms with Crippen LogP contribution >= 0.6 is 15.9 Å². The molecule has 1 aromatic rings. The minimum atomic E-state index is -0.817. The first-order chi connectivity index (χ1) is 10.1. The predicted molar refractivity (Wildman–Crippen MR) is 86.3 cm³/mol. The molecule has 0 amide bonds. The Hall–Kier alpha value is -1.23. The third-order valence-electron chi connectivity index (χ3n) is 3.17. The van der Waals surface area contributed by atoms with Crippen LogP contribution in [0, 0.1) is 0 Å². The Bertz CT molecular complexity index is 460. The summed E-state index contributed by atoms with van der Waals surface area (Å²) in [5.41, 5.74) is 0.860. The van der Waals surface area contributed by atoms with Gasteiger partial charge in [-0.05, 0) is 30.5 Å². The van der Waals surface area contributed by atoms with Crippen LogP contribution in [0.4, 0.5) is 0 Å². The van der Waals surface area contributed by atoms with Crippen LogP contribution in [0.25, 0.3) is 0 Å². The molecular formula is C16H23BrO4. The molecule has 0 bridgehead atoms. The van der Waals surface area contributed by atoms with E-state index in [1.165, 1.54) is 12.8 Å². The Morgan fingerprint density at radius 3 is 2.67 bits per heavy atom. The van der Waals surface area contributed by atoms with Crippen molar-refractivity contribution in [1.29, 1.82) is 0 Å². The van der Waals surface area contributed by atoms with Gasteiger partial charge < -0.3 is 14.6 Å². The van der Waals surface area contributed by atoms with Crippen molar-refractivity contribution in [1.82, 2.24) is 0 Å². The summed E-state index contributed by atoms with van der Waals surface area (Å²) in [6.07, 6.45) is 5.02. The standard InChI is InChI=1S/C16H23BrO4/c1-3-4-5-6-9-21-16-12(7-8-15(18)19)10-13(17)11-14(16)20-2/h10-11H,3-9H2,1-2H3,(H,18,19). The van der Waals surface area contributed by atoms with Gasteiger partial charge in [-0.15, -0.1) is 0 Å². The molecule has 118 valence electrons. The zero-order valence-corrected chi connectivity index (χ0v) is 14.2. The zero-order chi connectivity index (χ0) is 15.7. The number of halogens is 1. The summed E-state index contributed by atoms with van der Waals surface area (Å²) in [7, 11) is 1.59. The van der Waals surface area contributed by atoms with E-state index in [-0.39, 0.29) is 6.42 Å². The van der Waals surface area contributed by atoms with Crippen molar-refractivity contribution in [3.8, 4) is 11.5 Å². The van der Waals surface area contributed by atoms with Crippen LogP contribution in [0.2, 0.25) is 0 Å². The van der Waals surface area contributed by atoms with E-state index in [0.717, 1.165) is 22.9 Å². The summed E-state index contributed by atoms with van der Waals surface area (Å²) in [5, 5.41) is 8.85. The molecule has 0 atom stereocenters. The fourth-order valence-electron chi connectivity index (χ4n) is 2.07. The first kappa shape index (κ1) is 17.8. The van der Waals surface area contributed by atoms with Gasteiger partial charge in [0.2, 0.25) is 0 Å². The van der Waals surface area contributed by atoms with Gasteiger partial charge in [-0.3, -0.25) is 4.79 Å². The SMILES string of the molecule is CCCCCCOc1c(CCC(=O)O)cc(Br)cc1OC. The number of aryl methyl sites for hydroxylation is 1. The number of carboxylic acid groups (broad SMARTS) is 1. The van der Waals surface area contributed by atoms with Crippen molar-refractivity contribution in [2.75, 3.05) is 13.7 Å². The highest BCUT2D eigenvalue weighted by atomic mass is 79.9. The van der Waals surface area contributed by atoms with Crippen LogP contribution in [0.5, 0.6) is 11.5 Å². The van der Waals surface area contributed by atoms with Gasteiger partial charge in [-0.2, -0.15) is 0 Å². The number of carbonyl (C=O) groups is 1. The Morgan fingerprint density at radius 2 is 2.05 bits per heavy atom. The highest BCUT2D eigenvalue weighted by Crippen LogP contribution is 2.35. The minimum Gasteiger partial charge on any atom is -0.493 e. The van der Waals surface area contributed by atoms with E-state index in [0.29, 0.717) is 24.5 Å². The molecule has 0 aliphatic heterocycles. The molecule has 5 heteroatoms. The van der Waals surface area contributed by atoms with Gasteiger partial charge in [0, 0.05) is 10.9 Å². The van der Waals surface area contributed by atoms with Gasteiger partial charge in [0.15, 0.2) is 11.5 Å². The molecule has 0 saturated carbocycles. The second-order valence-corrected chi connectivity index (χ2v) is 5.81. The van der Waals surface area contributed by atoms with Gasteiger partial charge in [0.25, 0.3) is 0 Å². The van der Waals surface area contributed by atoms with E-state index in [2.05, 4.69) is 22.9 Å². The van der Waals surface area contributed by atoms with E-state index in [1.807, 2.05) is 12.1 Å². The van der Waals surface area contributed by atoms with Crippen LogP contribution in [0.1, 0.15) is 44.6 Å². The van der Waals surface area contributed by atoms with Crippen molar-refractivity contribution in [3.05, 3.63) is 22.2 Å². The molecule has 0 unspecified atom stereocenters. The molecule has 0 spiro atoms. The molecule has 0 aliphatic carbocycles. The number of ether oxygens (including phenoxy) is 2. The van der Waals surface area contributed by atoms with E-state index in [1.54, 1.807) is 7.11 Å². The van der Waals surface area contributed by atoms with Gasteiger partial charge >= 0.3 is 5.97 Å². The maximum absolute atomic E-state index is 10.8. The topological polar surface area (TPSA) is 55.8 Å². The highest BCUT2D eigenvalue weighted by Gasteiger charge is 2.14. The smallest absolute Gasteiger partial charge is 0.303 e. The number of hydrogen-bond donors (Lipinski definition) is 1. The number of aliphatic carboxylic acids is 1. The molecule has 0 aromatic heterocycles. The summed E-state index contributed by atoms with van der Waals surface area (Å²) in [5.74, 6) is 0.488. The molecule has 0 saturated heterocycles. The Labute approximate surface area is 134 Å². The van der Waals surface area contributed by atoms with E-state index in [9.17, 15) is 4.79 Å². The third kappa shape index (κ3) is 6.38. The largest absolute Gasteiger partial charge is 0.493 e. The quantitative estimate of drug-likeness (QED) is 0.628. The van der Waals surface area contributed by atoms with E-state index < -0.39 is 5.97 Å². The van der Waals surface area contributed by atoms with E-state index in [4.69, 9.17) is 14.6 Å². The van der Waals surface area contributed by atoms with Gasteiger partial charge in [-0.1, -0.05) is 42.1 Å². The van der Waals surface area contributed by atoms with Crippen LogP contribution in [0.3, 0.4) is 0 Å². The minimum absolute atomic E-state index is 0.0752. The van der Waals surface area contributed by atoms with Crippen LogP contribution < -0.4 is 9.47 Å². The average Bonchev–Trinajstić information content (AvgIpc) is 2.45. The van der Waals surface area contributed by atoms with Gasteiger partial charge in [-0.25, -0.2) is 0 Å². The van der Waals surface area contributed by atoms with Crippen molar-refractivity contribution >= 4 is 21.9 Å². The Balaban J connectivity index is 2.78. The molecule has 1 rings (SSSR count). The van der Waals surface area contributed by atoms with Gasteiger partial charge in [0.05, 0.1) is 13.7 Å². The summed E-state index contributed by atoms with van der Waals surface area (Å²) >= 11 is 3.41. The summed E-state index contributed by atoms with van der Waals surface area (Å²) in [4.78, 5) is 10.8. The monoisotopic (exact) mass is 358 g/mol. The molecule has 4 nitrogen and oxygen atoms in total. The summed E-state index contributed by atoms with van der Waals surface area (Å²) < 4.78 is 12.1. The number of benzene rings is 1. The lowest BCUT2D eigenvalue weighted by atomic mass is 10.1. The lowest BCUT2D eigenvalue weighted by Crippen LogP contribution is -2.05. The molecule has 21 heavy (non-hydrogen) atoms. The zero-order valence-electron chi connectivity index (χ0n) is 12.7. The number of hydrogen-bond acceptors (Lipinski definition) is 3. The number of unbranched alkanes of at least 4 members (excludes halogenated alkanes) is 3. The highest BCUT2D eigenvalue weighted by molar-refractivity contribution is 9.10. The summed E-state index contributed by atoms with van der Waals surface area (Å²) in [6, 6.07) is 3.73. The molecule has 1 N–H and O–H groups in total. The lowest BCUT2D eigenvalue weighted by Gasteiger charge is -2.15. The molecular weight excluding hydrogens is 336 g/mol. The second kappa shape index (κ2) is 9.66. The van der Waals surface area contributed by atoms with Crippen LogP contribution in [-0.2, 0) is 11.2 Å². The van der Waals surface area contributed by atoms with Crippen molar-refractivity contribution in [3.63, 3.8) is 0 Å². The molecule has 0 radical (unpaired) electrons.